The van der Waals surface area contributed by atoms with E-state index >= 15 is 0 Å². The molecular weight excluding hydrogens is 398 g/mol. The molecule has 3 rings (SSSR count). The molecule has 0 spiro atoms. The summed E-state index contributed by atoms with van der Waals surface area (Å²) in [6.07, 6.45) is 0.988. The van der Waals surface area contributed by atoms with Gasteiger partial charge in [0.2, 0.25) is 0 Å². The first kappa shape index (κ1) is 20.1. The molecule has 3 aromatic rings. The van der Waals surface area contributed by atoms with Gasteiger partial charge >= 0.3 is 5.97 Å². The second kappa shape index (κ2) is 8.15. The number of hydrogen-bond donors (Lipinski definition) is 3. The summed E-state index contributed by atoms with van der Waals surface area (Å²) in [6.45, 7) is 3.64. The average molecular weight is 418 g/mol. The predicted molar refractivity (Wildman–Crippen MR) is 110 cm³/mol. The van der Waals surface area contributed by atoms with Gasteiger partial charge in [-0.05, 0) is 37.8 Å². The highest BCUT2D eigenvalue weighted by Gasteiger charge is 2.22. The van der Waals surface area contributed by atoms with Crippen molar-refractivity contribution in [3.8, 4) is 0 Å². The maximum Gasteiger partial charge on any atom is 0.317 e. The van der Waals surface area contributed by atoms with Gasteiger partial charge < -0.3 is 15.8 Å². The van der Waals surface area contributed by atoms with Crippen LogP contribution in [0.5, 0.6) is 0 Å². The van der Waals surface area contributed by atoms with Crippen LogP contribution in [0, 0.1) is 13.8 Å². The Balaban J connectivity index is 1.83. The summed E-state index contributed by atoms with van der Waals surface area (Å²) >= 11 is 2.04. The van der Waals surface area contributed by atoms with Crippen molar-refractivity contribution in [1.29, 1.82) is 0 Å². The Morgan fingerprint density at radius 2 is 1.96 bits per heavy atom. The van der Waals surface area contributed by atoms with Gasteiger partial charge in [-0.15, -0.1) is 11.3 Å². The zero-order valence-electron chi connectivity index (χ0n) is 15.3. The second-order valence-corrected chi connectivity index (χ2v) is 8.63. The molecule has 2 heterocycles. The van der Waals surface area contributed by atoms with Crippen molar-refractivity contribution in [2.45, 2.75) is 37.1 Å². The number of aromatic nitrogens is 2. The standard InChI is InChI=1S/C19H19N3O4S2/c1-9-3-5-11(6-4-9)7-8-12(18(25)26)27-19-21-16(24)13-10(2)14(15(20)23)28-17(13)22-19/h3-6,12H,7-8H2,1-2H3,(H2,20,23)(H,25,26)(H,21,22,24). The summed E-state index contributed by atoms with van der Waals surface area (Å²) in [5.41, 5.74) is 7.62. The van der Waals surface area contributed by atoms with Crippen molar-refractivity contribution in [2.75, 3.05) is 0 Å². The van der Waals surface area contributed by atoms with Crippen LogP contribution in [0.4, 0.5) is 0 Å². The Labute approximate surface area is 169 Å². The first-order valence-electron chi connectivity index (χ1n) is 8.54. The maximum absolute atomic E-state index is 12.4. The third-order valence-corrected chi connectivity index (χ3v) is 6.69. The fourth-order valence-electron chi connectivity index (χ4n) is 2.84. The fraction of sp³-hybridized carbons (Fsp3) is 0.263. The SMILES string of the molecule is Cc1ccc(CCC(Sc2nc3sc(C(N)=O)c(C)c3c(=O)[nH]2)C(=O)O)cc1. The van der Waals surface area contributed by atoms with E-state index in [0.717, 1.165) is 34.2 Å². The van der Waals surface area contributed by atoms with E-state index in [-0.39, 0.29) is 10.0 Å². The minimum Gasteiger partial charge on any atom is -0.480 e. The lowest BCUT2D eigenvalue weighted by Gasteiger charge is -2.11. The van der Waals surface area contributed by atoms with Crippen molar-refractivity contribution in [2.24, 2.45) is 5.73 Å². The molecule has 7 nitrogen and oxygen atoms in total. The molecule has 9 heteroatoms. The lowest BCUT2D eigenvalue weighted by atomic mass is 10.1. The van der Waals surface area contributed by atoms with Gasteiger partial charge in [0.05, 0.1) is 10.3 Å². The number of aliphatic carboxylic acids is 1. The van der Waals surface area contributed by atoms with E-state index in [4.69, 9.17) is 5.73 Å². The molecule has 1 atom stereocenters. The number of carbonyl (C=O) groups excluding carboxylic acids is 1. The van der Waals surface area contributed by atoms with Crippen molar-refractivity contribution in [1.82, 2.24) is 9.97 Å². The molecule has 0 saturated heterocycles. The third kappa shape index (κ3) is 4.26. The molecule has 0 fully saturated rings. The highest BCUT2D eigenvalue weighted by Crippen LogP contribution is 2.30. The lowest BCUT2D eigenvalue weighted by molar-refractivity contribution is -0.136. The summed E-state index contributed by atoms with van der Waals surface area (Å²) < 4.78 is 0. The third-order valence-electron chi connectivity index (χ3n) is 4.35. The number of rotatable bonds is 7. The Bertz CT molecular complexity index is 1100. The molecule has 0 bridgehead atoms. The minimum atomic E-state index is -0.972. The molecule has 1 amide bonds. The quantitative estimate of drug-likeness (QED) is 0.401. The van der Waals surface area contributed by atoms with E-state index in [1.165, 1.54) is 0 Å². The van der Waals surface area contributed by atoms with Crippen molar-refractivity contribution < 1.29 is 14.7 Å². The topological polar surface area (TPSA) is 126 Å². The van der Waals surface area contributed by atoms with Crippen molar-refractivity contribution in [3.63, 3.8) is 0 Å². The molecule has 0 aliphatic carbocycles. The number of thioether (sulfide) groups is 1. The molecule has 1 aromatic carbocycles. The highest BCUT2D eigenvalue weighted by molar-refractivity contribution is 8.00. The van der Waals surface area contributed by atoms with E-state index in [1.807, 2.05) is 31.2 Å². The number of nitrogens with one attached hydrogen (secondary N) is 1. The van der Waals surface area contributed by atoms with Gasteiger partial charge in [0.1, 0.15) is 10.1 Å². The number of benzene rings is 1. The van der Waals surface area contributed by atoms with E-state index in [0.29, 0.717) is 28.6 Å². The number of carboxylic acids is 1. The smallest absolute Gasteiger partial charge is 0.317 e. The largest absolute Gasteiger partial charge is 0.480 e. The van der Waals surface area contributed by atoms with Crippen LogP contribution in [0.25, 0.3) is 10.2 Å². The lowest BCUT2D eigenvalue weighted by Crippen LogP contribution is -2.19. The number of hydrogen-bond acceptors (Lipinski definition) is 6. The van der Waals surface area contributed by atoms with Crippen LogP contribution in [0.15, 0.2) is 34.2 Å². The Morgan fingerprint density at radius 1 is 1.29 bits per heavy atom. The van der Waals surface area contributed by atoms with Crippen molar-refractivity contribution >= 4 is 45.2 Å². The predicted octanol–water partition coefficient (Wildman–Crippen LogP) is 2.88. The number of aromatic amines is 1. The van der Waals surface area contributed by atoms with Crippen LogP contribution in [-0.2, 0) is 11.2 Å². The summed E-state index contributed by atoms with van der Waals surface area (Å²) in [6, 6.07) is 7.93. The molecule has 28 heavy (non-hydrogen) atoms. The summed E-state index contributed by atoms with van der Waals surface area (Å²) in [7, 11) is 0. The molecule has 1 unspecified atom stereocenters. The monoisotopic (exact) mass is 417 g/mol. The molecular formula is C19H19N3O4S2. The summed E-state index contributed by atoms with van der Waals surface area (Å²) in [5.74, 6) is -1.59. The van der Waals surface area contributed by atoms with Gasteiger partial charge in [-0.3, -0.25) is 14.4 Å². The van der Waals surface area contributed by atoms with E-state index in [2.05, 4.69) is 9.97 Å². The number of nitrogens with zero attached hydrogens (tertiary/aromatic N) is 1. The van der Waals surface area contributed by atoms with Gasteiger partial charge in [-0.25, -0.2) is 4.98 Å². The average Bonchev–Trinajstić information content (AvgIpc) is 2.97. The van der Waals surface area contributed by atoms with Crippen LogP contribution in [0.1, 0.15) is 32.8 Å². The molecule has 146 valence electrons. The van der Waals surface area contributed by atoms with Gasteiger partial charge in [0, 0.05) is 0 Å². The van der Waals surface area contributed by atoms with E-state index in [9.17, 15) is 19.5 Å². The van der Waals surface area contributed by atoms with Crippen LogP contribution < -0.4 is 11.3 Å². The maximum atomic E-state index is 12.4. The second-order valence-electron chi connectivity index (χ2n) is 6.44. The number of H-pyrrole nitrogens is 1. The van der Waals surface area contributed by atoms with Gasteiger partial charge in [-0.1, -0.05) is 41.6 Å². The highest BCUT2D eigenvalue weighted by atomic mass is 32.2. The molecule has 0 radical (unpaired) electrons. The first-order chi connectivity index (χ1) is 13.3. The number of nitrogens with two attached hydrogens (primary N) is 1. The summed E-state index contributed by atoms with van der Waals surface area (Å²) in [4.78, 5) is 43.2. The van der Waals surface area contributed by atoms with Crippen LogP contribution in [0.2, 0.25) is 0 Å². The normalized spacial score (nSPS) is 12.2. The Kier molecular flexibility index (Phi) is 5.85. The number of amides is 1. The van der Waals surface area contributed by atoms with Crippen LogP contribution in [0.3, 0.4) is 0 Å². The molecule has 0 aliphatic rings. The number of primary amides is 1. The van der Waals surface area contributed by atoms with Crippen LogP contribution in [-0.4, -0.2) is 32.2 Å². The Morgan fingerprint density at radius 3 is 2.57 bits per heavy atom. The van der Waals surface area contributed by atoms with E-state index < -0.39 is 22.7 Å². The van der Waals surface area contributed by atoms with Gasteiger partial charge in [0.15, 0.2) is 5.16 Å². The number of carbonyl (C=O) groups is 2. The zero-order chi connectivity index (χ0) is 20.4. The first-order valence-corrected chi connectivity index (χ1v) is 10.2. The zero-order valence-corrected chi connectivity index (χ0v) is 16.9. The minimum absolute atomic E-state index is 0.214. The van der Waals surface area contributed by atoms with Gasteiger partial charge in [-0.2, -0.15) is 0 Å². The van der Waals surface area contributed by atoms with Gasteiger partial charge in [0.25, 0.3) is 11.5 Å². The molecule has 0 aliphatic heterocycles. The Hall–Kier alpha value is -2.65. The number of carboxylic acid groups (broad SMARTS) is 1. The van der Waals surface area contributed by atoms with Crippen LogP contribution >= 0.6 is 23.1 Å². The van der Waals surface area contributed by atoms with E-state index in [1.54, 1.807) is 6.92 Å². The van der Waals surface area contributed by atoms with Crippen molar-refractivity contribution in [3.05, 3.63) is 56.2 Å². The number of aryl methyl sites for hydroxylation is 3. The summed E-state index contributed by atoms with van der Waals surface area (Å²) in [5, 5.41) is 9.32. The molecule has 0 saturated carbocycles. The number of thiophene rings is 1. The molecule has 4 N–H and O–H groups in total. The molecule has 2 aromatic heterocycles. The number of fused-ring (bicyclic) bond motifs is 1. The fourth-order valence-corrected chi connectivity index (χ4v) is 4.83.